The van der Waals surface area contributed by atoms with Crippen molar-refractivity contribution in [3.05, 3.63) is 0 Å². The average Bonchev–Trinajstić information content (AvgIpc) is 1.55. The molecule has 1 atom stereocenters. The Labute approximate surface area is 111 Å². The summed E-state index contributed by atoms with van der Waals surface area (Å²) < 4.78 is 15.3. The van der Waals surface area contributed by atoms with Gasteiger partial charge in [0.2, 0.25) is 6.95 Å². The van der Waals surface area contributed by atoms with Gasteiger partial charge in [0, 0.05) is 0 Å². The van der Waals surface area contributed by atoms with Gasteiger partial charge in [0.1, 0.15) is 13.2 Å². The summed E-state index contributed by atoms with van der Waals surface area (Å²) in [5.74, 6) is 0. The molecule has 1 unspecified atom stereocenters. The number of hydrogen-bond acceptors (Lipinski definition) is 3. The molecular formula is C5H15CaClNO3P. The molecule has 0 aliphatic heterocycles. The molecule has 7 heteroatoms. The van der Waals surface area contributed by atoms with Crippen LogP contribution in [0.1, 0.15) is 2.85 Å². The number of quaternary nitrogens is 1. The van der Waals surface area contributed by atoms with Crippen molar-refractivity contribution in [1.82, 2.24) is 0 Å². The van der Waals surface area contributed by atoms with Crippen LogP contribution >= 0.6 is 18.2 Å². The van der Waals surface area contributed by atoms with Gasteiger partial charge in [-0.25, -0.2) is 0 Å². The van der Waals surface area contributed by atoms with Crippen LogP contribution in [0.25, 0.3) is 0 Å². The molecule has 0 aliphatic carbocycles. The quantitative estimate of drug-likeness (QED) is 0.404. The molecule has 72 valence electrons. The third-order valence-electron chi connectivity index (χ3n) is 1.01. The Morgan fingerprint density at radius 1 is 1.58 bits per heavy atom. The minimum Gasteiger partial charge on any atom is -1.00 e. The maximum atomic E-state index is 10.3. The molecule has 0 aromatic carbocycles. The normalized spacial score (nSPS) is 16.4. The molecule has 0 N–H and O–H groups in total. The number of hydrogen-bond donors (Lipinski definition) is 0. The first-order valence-corrected chi connectivity index (χ1v) is 5.61. The summed E-state index contributed by atoms with van der Waals surface area (Å²) in [5.41, 5.74) is 0. The zero-order valence-corrected chi connectivity index (χ0v) is 11.5. The summed E-state index contributed by atoms with van der Waals surface area (Å²) in [5, 5.41) is 0. The van der Waals surface area contributed by atoms with Crippen LogP contribution in [-0.2, 0) is 9.09 Å². The first-order valence-electron chi connectivity index (χ1n) is 3.16. The van der Waals surface area contributed by atoms with Crippen LogP contribution in [-0.4, -0.2) is 76.5 Å². The Morgan fingerprint density at radius 2 is 2.00 bits per heavy atom. The second kappa shape index (κ2) is 6.20. The van der Waals surface area contributed by atoms with Crippen molar-refractivity contribution in [2.24, 2.45) is 0 Å². The van der Waals surface area contributed by atoms with Crippen molar-refractivity contribution >= 4 is 55.9 Å². The van der Waals surface area contributed by atoms with E-state index in [4.69, 9.17) is 11.2 Å². The minimum atomic E-state index is -4.04. The fraction of sp³-hybridized carbons (Fsp3) is 1.00. The molecule has 0 saturated carbocycles. The van der Waals surface area contributed by atoms with E-state index in [-0.39, 0.29) is 47.2 Å². The van der Waals surface area contributed by atoms with Crippen LogP contribution in [0.2, 0.25) is 0 Å². The Bertz CT molecular complexity index is 175. The predicted octanol–water partition coefficient (Wildman–Crippen LogP) is 0.261. The van der Waals surface area contributed by atoms with Gasteiger partial charge < -0.3 is 16.8 Å². The zero-order valence-electron chi connectivity index (χ0n) is 9.62. The zero-order chi connectivity index (χ0) is 9.12. The molecule has 0 aromatic rings. The molecule has 0 spiro atoms. The molecule has 0 rings (SSSR count). The smallest absolute Gasteiger partial charge is 1.00 e. The van der Waals surface area contributed by atoms with E-state index in [1.54, 1.807) is 0 Å². The third kappa shape index (κ3) is 14.2. The second-order valence-corrected chi connectivity index (χ2v) is 5.64. The van der Waals surface area contributed by atoms with Gasteiger partial charge in [0.15, 0.2) is 0 Å². The Morgan fingerprint density at radius 3 is 2.25 bits per heavy atom. The van der Waals surface area contributed by atoms with Crippen LogP contribution in [0, 0.1) is 0 Å². The molecule has 0 amide bonds. The van der Waals surface area contributed by atoms with E-state index >= 15 is 0 Å². The van der Waals surface area contributed by atoms with E-state index in [0.29, 0.717) is 11.0 Å². The van der Waals surface area contributed by atoms with Crippen molar-refractivity contribution in [2.75, 3.05) is 34.3 Å². The van der Waals surface area contributed by atoms with Gasteiger partial charge in [0.05, 0.1) is 21.1 Å². The first-order chi connectivity index (χ1) is 4.71. The van der Waals surface area contributed by atoms with Crippen molar-refractivity contribution in [3.63, 3.8) is 0 Å². The summed E-state index contributed by atoms with van der Waals surface area (Å²) >= 11 is 4.83. The Hall–Kier alpha value is 1.66. The van der Waals surface area contributed by atoms with Gasteiger partial charge in [-0.3, -0.25) is 4.57 Å². The van der Waals surface area contributed by atoms with Gasteiger partial charge >= 0.3 is 37.7 Å². The summed E-state index contributed by atoms with van der Waals surface area (Å²) in [6.45, 7) is -3.30. The maximum absolute atomic E-state index is 10.3. The number of rotatable bonds is 4. The average molecular weight is 244 g/mol. The predicted molar refractivity (Wildman–Crippen MR) is 50.3 cm³/mol. The minimum absolute atomic E-state index is 0. The van der Waals surface area contributed by atoms with Crippen molar-refractivity contribution < 1.29 is 21.3 Å². The van der Waals surface area contributed by atoms with E-state index in [2.05, 4.69) is 4.52 Å². The summed E-state index contributed by atoms with van der Waals surface area (Å²) in [6, 6.07) is 0. The summed E-state index contributed by atoms with van der Waals surface area (Å²) in [7, 11) is 5.81. The number of nitrogens with zero attached hydrogens (tertiary/aromatic N) is 1. The van der Waals surface area contributed by atoms with Crippen LogP contribution in [0.5, 0.6) is 0 Å². The molecule has 0 aliphatic rings. The number of likely N-dealkylation sites (N-methyl/N-ethyl adjacent to an activating group) is 1. The van der Waals surface area contributed by atoms with Crippen molar-refractivity contribution in [3.8, 4) is 0 Å². The fourth-order valence-corrected chi connectivity index (χ4v) is 0.930. The van der Waals surface area contributed by atoms with E-state index in [1.165, 1.54) is 0 Å². The van der Waals surface area contributed by atoms with E-state index < -0.39 is 6.95 Å². The van der Waals surface area contributed by atoms with Crippen LogP contribution < -0.4 is 4.89 Å². The number of halogens is 1. The summed E-state index contributed by atoms with van der Waals surface area (Å²) in [4.78, 5) is 10.3. The molecule has 0 heterocycles. The van der Waals surface area contributed by atoms with Crippen molar-refractivity contribution in [2.45, 2.75) is 0 Å². The fourth-order valence-electron chi connectivity index (χ4n) is 0.424. The van der Waals surface area contributed by atoms with E-state index in [1.807, 2.05) is 21.1 Å². The first kappa shape index (κ1) is 16.1. The molecule has 0 fully saturated rings. The maximum Gasteiger partial charge on any atom is 2.00 e. The monoisotopic (exact) mass is 243 g/mol. The molecule has 0 bridgehead atoms. The van der Waals surface area contributed by atoms with E-state index in [9.17, 15) is 9.46 Å². The largest absolute Gasteiger partial charge is 2.00 e. The van der Waals surface area contributed by atoms with Crippen molar-refractivity contribution in [1.29, 1.82) is 0 Å². The van der Waals surface area contributed by atoms with E-state index in [0.717, 1.165) is 0 Å². The third-order valence-corrected chi connectivity index (χ3v) is 1.79. The SMILES string of the molecule is C[N+](C)(C)CCOP(=O)([O-])Cl.[Ca+2].[H-].[H-]. The summed E-state index contributed by atoms with van der Waals surface area (Å²) in [6.07, 6.45) is 0. The molecular weight excluding hydrogens is 229 g/mol. The molecule has 4 nitrogen and oxygen atoms in total. The molecule has 0 saturated heterocycles. The molecule has 0 radical (unpaired) electrons. The topological polar surface area (TPSA) is 49.4 Å². The second-order valence-electron chi connectivity index (χ2n) is 3.28. The molecule has 0 aromatic heterocycles. The standard InChI is InChI=1S/C5H13ClNO3P.Ca.2H/c1-7(2,3)4-5-10-11(6,8)9;;;/h4-5H2,1-3H3;;;/q;+2;2*-1. The Kier molecular flexibility index (Phi) is 8.32. The van der Waals surface area contributed by atoms with Gasteiger partial charge in [-0.05, 0) is 11.2 Å². The van der Waals surface area contributed by atoms with Gasteiger partial charge in [-0.15, -0.1) is 0 Å². The van der Waals surface area contributed by atoms with Crippen LogP contribution in [0.4, 0.5) is 0 Å². The Balaban J connectivity index is -0.000000167. The van der Waals surface area contributed by atoms with Gasteiger partial charge in [0.25, 0.3) is 0 Å². The van der Waals surface area contributed by atoms with Gasteiger partial charge in [-0.1, -0.05) is 0 Å². The molecule has 12 heavy (non-hydrogen) atoms. The van der Waals surface area contributed by atoms with Crippen LogP contribution in [0.3, 0.4) is 0 Å². The van der Waals surface area contributed by atoms with Gasteiger partial charge in [-0.2, -0.15) is 0 Å². The van der Waals surface area contributed by atoms with Crippen LogP contribution in [0.15, 0.2) is 0 Å².